The summed E-state index contributed by atoms with van der Waals surface area (Å²) in [6.07, 6.45) is 1.89. The second-order valence-electron chi connectivity index (χ2n) is 5.63. The van der Waals surface area contributed by atoms with Crippen LogP contribution in [0.1, 0.15) is 45.1 Å². The molecule has 1 saturated carbocycles. The van der Waals surface area contributed by atoms with E-state index in [0.717, 1.165) is 24.1 Å². The van der Waals surface area contributed by atoms with E-state index in [-0.39, 0.29) is 0 Å². The summed E-state index contributed by atoms with van der Waals surface area (Å²) in [6, 6.07) is 5.53. The molecule has 1 fully saturated rings. The fourth-order valence-corrected chi connectivity index (χ4v) is 1.97. The smallest absolute Gasteiger partial charge is 0.412 e. The first-order valence-electron chi connectivity index (χ1n) is 6.14. The van der Waals surface area contributed by atoms with Crippen molar-refractivity contribution in [2.75, 3.05) is 5.32 Å². The van der Waals surface area contributed by atoms with Crippen molar-refractivity contribution in [3.63, 3.8) is 0 Å². The number of carbonyl (C=O) groups excluding carboxylic acids is 1. The molecule has 1 amide bonds. The SMILES string of the molecule is CC(C)(C)OC(=O)Nc1ccc(Cl)cc1C1CC1. The predicted molar refractivity (Wildman–Crippen MR) is 73.3 cm³/mol. The van der Waals surface area contributed by atoms with E-state index < -0.39 is 11.7 Å². The molecular weight excluding hydrogens is 250 g/mol. The number of carbonyl (C=O) groups is 1. The molecule has 98 valence electrons. The first-order chi connectivity index (χ1) is 8.35. The molecule has 0 aliphatic heterocycles. The number of rotatable bonds is 2. The Morgan fingerprint density at radius 3 is 2.61 bits per heavy atom. The number of benzene rings is 1. The zero-order chi connectivity index (χ0) is 13.3. The Kier molecular flexibility index (Phi) is 3.53. The topological polar surface area (TPSA) is 38.3 Å². The third-order valence-electron chi connectivity index (χ3n) is 2.67. The standard InChI is InChI=1S/C14H18ClNO2/c1-14(2,3)18-13(17)16-12-7-6-10(15)8-11(12)9-4-5-9/h6-9H,4-5H2,1-3H3,(H,16,17). The minimum atomic E-state index is -0.490. The molecule has 0 saturated heterocycles. The minimum Gasteiger partial charge on any atom is -0.444 e. The summed E-state index contributed by atoms with van der Waals surface area (Å²) in [5.41, 5.74) is 1.42. The van der Waals surface area contributed by atoms with Gasteiger partial charge in [0.15, 0.2) is 0 Å². The summed E-state index contributed by atoms with van der Waals surface area (Å²) in [4.78, 5) is 11.7. The summed E-state index contributed by atoms with van der Waals surface area (Å²) in [7, 11) is 0. The van der Waals surface area contributed by atoms with Crippen LogP contribution in [0, 0.1) is 0 Å². The predicted octanol–water partition coefficient (Wildman–Crippen LogP) is 4.56. The van der Waals surface area contributed by atoms with Crippen LogP contribution in [0.2, 0.25) is 5.02 Å². The van der Waals surface area contributed by atoms with Gasteiger partial charge in [0.1, 0.15) is 5.60 Å². The fourth-order valence-electron chi connectivity index (χ4n) is 1.79. The van der Waals surface area contributed by atoms with E-state index in [1.54, 1.807) is 6.07 Å². The Bertz CT molecular complexity index is 461. The molecule has 0 spiro atoms. The van der Waals surface area contributed by atoms with Gasteiger partial charge in [-0.05, 0) is 63.3 Å². The van der Waals surface area contributed by atoms with Gasteiger partial charge in [0.2, 0.25) is 0 Å². The highest BCUT2D eigenvalue weighted by molar-refractivity contribution is 6.30. The van der Waals surface area contributed by atoms with Gasteiger partial charge in [-0.1, -0.05) is 11.6 Å². The number of halogens is 1. The lowest BCUT2D eigenvalue weighted by atomic mass is 10.1. The third-order valence-corrected chi connectivity index (χ3v) is 2.90. The van der Waals surface area contributed by atoms with Gasteiger partial charge in [0.05, 0.1) is 0 Å². The first kappa shape index (κ1) is 13.2. The summed E-state index contributed by atoms with van der Waals surface area (Å²) in [6.45, 7) is 5.53. The molecule has 0 unspecified atom stereocenters. The maximum atomic E-state index is 11.7. The lowest BCUT2D eigenvalue weighted by Gasteiger charge is -2.20. The fraction of sp³-hybridized carbons (Fsp3) is 0.500. The van der Waals surface area contributed by atoms with Gasteiger partial charge < -0.3 is 4.74 Å². The van der Waals surface area contributed by atoms with Gasteiger partial charge in [-0.3, -0.25) is 5.32 Å². The van der Waals surface area contributed by atoms with Gasteiger partial charge in [0, 0.05) is 10.7 Å². The molecular formula is C14H18ClNO2. The first-order valence-corrected chi connectivity index (χ1v) is 6.52. The highest BCUT2D eigenvalue weighted by Gasteiger charge is 2.27. The van der Waals surface area contributed by atoms with Crippen molar-refractivity contribution in [1.29, 1.82) is 0 Å². The van der Waals surface area contributed by atoms with Crippen LogP contribution in [0.3, 0.4) is 0 Å². The lowest BCUT2D eigenvalue weighted by molar-refractivity contribution is 0.0636. The molecule has 0 radical (unpaired) electrons. The zero-order valence-electron chi connectivity index (χ0n) is 10.9. The number of hydrogen-bond acceptors (Lipinski definition) is 2. The second-order valence-corrected chi connectivity index (χ2v) is 6.07. The molecule has 4 heteroatoms. The number of ether oxygens (including phenoxy) is 1. The van der Waals surface area contributed by atoms with Crippen LogP contribution in [0.25, 0.3) is 0 Å². The molecule has 1 aromatic rings. The maximum absolute atomic E-state index is 11.7. The van der Waals surface area contributed by atoms with Gasteiger partial charge in [-0.15, -0.1) is 0 Å². The molecule has 1 N–H and O–H groups in total. The van der Waals surface area contributed by atoms with Crippen LogP contribution >= 0.6 is 11.6 Å². The highest BCUT2D eigenvalue weighted by Crippen LogP contribution is 2.44. The van der Waals surface area contributed by atoms with Gasteiger partial charge >= 0.3 is 6.09 Å². The number of hydrogen-bond donors (Lipinski definition) is 1. The molecule has 0 bridgehead atoms. The molecule has 1 aromatic carbocycles. The van der Waals surface area contributed by atoms with Crippen molar-refractivity contribution in [2.24, 2.45) is 0 Å². The van der Waals surface area contributed by atoms with Crippen LogP contribution in [0.15, 0.2) is 18.2 Å². The Balaban J connectivity index is 2.11. The summed E-state index contributed by atoms with van der Waals surface area (Å²) in [5, 5.41) is 3.50. The van der Waals surface area contributed by atoms with E-state index in [9.17, 15) is 4.79 Å². The van der Waals surface area contributed by atoms with Crippen molar-refractivity contribution < 1.29 is 9.53 Å². The van der Waals surface area contributed by atoms with Gasteiger partial charge in [-0.2, -0.15) is 0 Å². The van der Waals surface area contributed by atoms with Crippen molar-refractivity contribution in [1.82, 2.24) is 0 Å². The van der Waals surface area contributed by atoms with Gasteiger partial charge in [0.25, 0.3) is 0 Å². The molecule has 0 atom stereocenters. The molecule has 0 aromatic heterocycles. The third kappa shape index (κ3) is 3.64. The summed E-state index contributed by atoms with van der Waals surface area (Å²) < 4.78 is 5.24. The molecule has 3 nitrogen and oxygen atoms in total. The largest absolute Gasteiger partial charge is 0.444 e. The van der Waals surface area contributed by atoms with E-state index in [1.807, 2.05) is 32.9 Å². The van der Waals surface area contributed by atoms with Gasteiger partial charge in [-0.25, -0.2) is 4.79 Å². The van der Waals surface area contributed by atoms with Crippen LogP contribution < -0.4 is 5.32 Å². The average Bonchev–Trinajstić information content (AvgIpc) is 3.01. The van der Waals surface area contributed by atoms with E-state index in [4.69, 9.17) is 16.3 Å². The average molecular weight is 268 g/mol. The van der Waals surface area contributed by atoms with E-state index in [0.29, 0.717) is 10.9 Å². The van der Waals surface area contributed by atoms with E-state index >= 15 is 0 Å². The summed E-state index contributed by atoms with van der Waals surface area (Å²) in [5.74, 6) is 0.522. The molecule has 18 heavy (non-hydrogen) atoms. The Morgan fingerprint density at radius 1 is 1.39 bits per heavy atom. The van der Waals surface area contributed by atoms with Crippen LogP contribution in [-0.4, -0.2) is 11.7 Å². The van der Waals surface area contributed by atoms with Crippen LogP contribution in [0.5, 0.6) is 0 Å². The maximum Gasteiger partial charge on any atom is 0.412 e. The van der Waals surface area contributed by atoms with Crippen molar-refractivity contribution in [3.05, 3.63) is 28.8 Å². The van der Waals surface area contributed by atoms with Crippen molar-refractivity contribution >= 4 is 23.4 Å². The second kappa shape index (κ2) is 4.81. The molecule has 2 rings (SSSR count). The van der Waals surface area contributed by atoms with Crippen LogP contribution in [0.4, 0.5) is 10.5 Å². The van der Waals surface area contributed by atoms with Crippen molar-refractivity contribution in [2.45, 2.75) is 45.1 Å². The lowest BCUT2D eigenvalue weighted by Crippen LogP contribution is -2.27. The molecule has 1 aliphatic carbocycles. The van der Waals surface area contributed by atoms with E-state index in [1.165, 1.54) is 0 Å². The number of amides is 1. The molecule has 0 heterocycles. The Labute approximate surface area is 112 Å². The van der Waals surface area contributed by atoms with E-state index in [2.05, 4.69) is 5.32 Å². The highest BCUT2D eigenvalue weighted by atomic mass is 35.5. The normalized spacial score (nSPS) is 15.3. The molecule has 1 aliphatic rings. The Hall–Kier alpha value is -1.22. The number of nitrogens with one attached hydrogen (secondary N) is 1. The number of anilines is 1. The minimum absolute atomic E-state index is 0.424. The summed E-state index contributed by atoms with van der Waals surface area (Å²) >= 11 is 5.99. The van der Waals surface area contributed by atoms with Crippen LogP contribution in [-0.2, 0) is 4.74 Å². The quantitative estimate of drug-likeness (QED) is 0.853. The monoisotopic (exact) mass is 267 g/mol. The Morgan fingerprint density at radius 2 is 2.06 bits per heavy atom. The zero-order valence-corrected chi connectivity index (χ0v) is 11.7. The van der Waals surface area contributed by atoms with Crippen molar-refractivity contribution in [3.8, 4) is 0 Å².